The molecule has 1 aromatic carbocycles. The molecule has 0 aliphatic carbocycles. The van der Waals surface area contributed by atoms with Gasteiger partial charge in [0, 0.05) is 6.26 Å². The van der Waals surface area contributed by atoms with Crippen molar-refractivity contribution in [2.75, 3.05) is 11.6 Å². The molecule has 116 valence electrons. The van der Waals surface area contributed by atoms with Gasteiger partial charge < -0.3 is 5.32 Å². The summed E-state index contributed by atoms with van der Waals surface area (Å²) in [4.78, 5) is 23.8. The van der Waals surface area contributed by atoms with Crippen LogP contribution in [0.5, 0.6) is 0 Å². The summed E-state index contributed by atoms with van der Waals surface area (Å²) in [5, 5.41) is 2.31. The van der Waals surface area contributed by atoms with Crippen LogP contribution in [0.3, 0.4) is 0 Å². The quantitative estimate of drug-likeness (QED) is 0.685. The highest BCUT2D eigenvalue weighted by atomic mass is 32.2. The molecule has 1 aromatic heterocycles. The van der Waals surface area contributed by atoms with Crippen molar-refractivity contribution in [3.8, 4) is 0 Å². The van der Waals surface area contributed by atoms with Gasteiger partial charge >= 0.3 is 0 Å². The topological polar surface area (TPSA) is 80.3 Å². The number of Topliss-reactive ketones (excluding diaryl/α,β-unsaturated/α-hetero) is 1. The van der Waals surface area contributed by atoms with Crippen LogP contribution < -0.4 is 5.32 Å². The Balaban J connectivity index is 2.29. The summed E-state index contributed by atoms with van der Waals surface area (Å²) in [6, 6.07) is 6.11. The standard InChI is InChI=1S/C14H12FNO4S2/c1-8(17)12-5-6-13(21-12)14(18)16-11-7-9(22(2,19)20)3-4-10(11)15/h3-7H,1-2H3,(H,16,18). The van der Waals surface area contributed by atoms with Crippen LogP contribution in [0.1, 0.15) is 26.3 Å². The van der Waals surface area contributed by atoms with E-state index in [4.69, 9.17) is 0 Å². The molecular weight excluding hydrogens is 329 g/mol. The summed E-state index contributed by atoms with van der Waals surface area (Å²) >= 11 is 0.982. The Kier molecular flexibility index (Phi) is 4.43. The molecule has 1 amide bonds. The van der Waals surface area contributed by atoms with Crippen LogP contribution in [0.2, 0.25) is 0 Å². The molecule has 0 fully saturated rings. The third kappa shape index (κ3) is 3.58. The molecule has 0 radical (unpaired) electrons. The van der Waals surface area contributed by atoms with E-state index in [2.05, 4.69) is 5.32 Å². The highest BCUT2D eigenvalue weighted by molar-refractivity contribution is 7.90. The molecule has 0 saturated heterocycles. The second kappa shape index (κ2) is 5.98. The van der Waals surface area contributed by atoms with E-state index in [-0.39, 0.29) is 21.2 Å². The van der Waals surface area contributed by atoms with E-state index in [1.54, 1.807) is 0 Å². The zero-order valence-electron chi connectivity index (χ0n) is 11.7. The van der Waals surface area contributed by atoms with E-state index in [0.717, 1.165) is 35.8 Å². The Morgan fingerprint density at radius 2 is 1.77 bits per heavy atom. The van der Waals surface area contributed by atoms with Gasteiger partial charge in [0.1, 0.15) is 5.82 Å². The van der Waals surface area contributed by atoms with Crippen molar-refractivity contribution in [3.05, 3.63) is 45.9 Å². The van der Waals surface area contributed by atoms with Crippen molar-refractivity contribution >= 4 is 38.6 Å². The summed E-state index contributed by atoms with van der Waals surface area (Å²) in [7, 11) is -3.51. The van der Waals surface area contributed by atoms with Gasteiger partial charge in [-0.05, 0) is 37.3 Å². The number of benzene rings is 1. The number of hydrogen-bond donors (Lipinski definition) is 1. The lowest BCUT2D eigenvalue weighted by Gasteiger charge is -2.07. The molecule has 2 aromatic rings. The molecule has 0 aliphatic rings. The van der Waals surface area contributed by atoms with Crippen molar-refractivity contribution < 1.29 is 22.4 Å². The third-order valence-corrected chi connectivity index (χ3v) is 5.09. The van der Waals surface area contributed by atoms with Crippen molar-refractivity contribution in [3.63, 3.8) is 0 Å². The maximum absolute atomic E-state index is 13.7. The van der Waals surface area contributed by atoms with Crippen LogP contribution in [-0.2, 0) is 9.84 Å². The molecule has 2 rings (SSSR count). The number of halogens is 1. The van der Waals surface area contributed by atoms with Crippen molar-refractivity contribution in [2.45, 2.75) is 11.8 Å². The number of thiophene rings is 1. The maximum Gasteiger partial charge on any atom is 0.265 e. The van der Waals surface area contributed by atoms with Gasteiger partial charge in [0.05, 0.1) is 20.3 Å². The molecule has 5 nitrogen and oxygen atoms in total. The van der Waals surface area contributed by atoms with Gasteiger partial charge in [-0.1, -0.05) is 0 Å². The van der Waals surface area contributed by atoms with E-state index < -0.39 is 21.6 Å². The number of amides is 1. The highest BCUT2D eigenvalue weighted by Crippen LogP contribution is 2.22. The van der Waals surface area contributed by atoms with E-state index in [0.29, 0.717) is 4.88 Å². The normalized spacial score (nSPS) is 11.2. The molecule has 8 heteroatoms. The Labute approximate surface area is 130 Å². The van der Waals surface area contributed by atoms with E-state index in [9.17, 15) is 22.4 Å². The SMILES string of the molecule is CC(=O)c1ccc(C(=O)Nc2cc(S(C)(=O)=O)ccc2F)s1. The average molecular weight is 341 g/mol. The van der Waals surface area contributed by atoms with Crippen LogP contribution in [0.15, 0.2) is 35.2 Å². The summed E-state index contributed by atoms with van der Waals surface area (Å²) in [5.41, 5.74) is -0.231. The van der Waals surface area contributed by atoms with E-state index in [1.165, 1.54) is 19.1 Å². The summed E-state index contributed by atoms with van der Waals surface area (Å²) in [6.45, 7) is 1.38. The van der Waals surface area contributed by atoms with Crippen molar-refractivity contribution in [1.82, 2.24) is 0 Å². The fourth-order valence-electron chi connectivity index (χ4n) is 1.66. The summed E-state index contributed by atoms with van der Waals surface area (Å²) < 4.78 is 36.6. The monoisotopic (exact) mass is 341 g/mol. The lowest BCUT2D eigenvalue weighted by atomic mass is 10.3. The Morgan fingerprint density at radius 1 is 1.14 bits per heavy atom. The first-order chi connectivity index (χ1) is 10.2. The van der Waals surface area contributed by atoms with Crippen LogP contribution >= 0.6 is 11.3 Å². The minimum Gasteiger partial charge on any atom is -0.319 e. The average Bonchev–Trinajstić information content (AvgIpc) is 2.89. The van der Waals surface area contributed by atoms with Gasteiger partial charge in [0.25, 0.3) is 5.91 Å². The molecule has 22 heavy (non-hydrogen) atoms. The minimum atomic E-state index is -3.51. The van der Waals surface area contributed by atoms with Gasteiger partial charge in [-0.2, -0.15) is 0 Å². The summed E-state index contributed by atoms with van der Waals surface area (Å²) in [6.07, 6.45) is 0.990. The number of nitrogens with one attached hydrogen (secondary N) is 1. The number of rotatable bonds is 4. The molecule has 0 unspecified atom stereocenters. The van der Waals surface area contributed by atoms with Crippen LogP contribution in [-0.4, -0.2) is 26.4 Å². The first-order valence-corrected chi connectivity index (χ1v) is 8.81. The van der Waals surface area contributed by atoms with Crippen molar-refractivity contribution in [2.24, 2.45) is 0 Å². The van der Waals surface area contributed by atoms with Crippen LogP contribution in [0, 0.1) is 5.82 Å². The fourth-order valence-corrected chi connectivity index (χ4v) is 3.11. The Morgan fingerprint density at radius 3 is 2.32 bits per heavy atom. The molecule has 1 heterocycles. The van der Waals surface area contributed by atoms with Crippen LogP contribution in [0.4, 0.5) is 10.1 Å². The first-order valence-electron chi connectivity index (χ1n) is 6.10. The Bertz CT molecular complexity index is 855. The molecule has 0 spiro atoms. The fraction of sp³-hybridized carbons (Fsp3) is 0.143. The number of sulfone groups is 1. The lowest BCUT2D eigenvalue weighted by molar-refractivity contribution is 0.101. The van der Waals surface area contributed by atoms with Gasteiger partial charge in [-0.25, -0.2) is 12.8 Å². The third-order valence-electron chi connectivity index (χ3n) is 2.79. The highest BCUT2D eigenvalue weighted by Gasteiger charge is 2.16. The second-order valence-corrected chi connectivity index (χ2v) is 7.69. The minimum absolute atomic E-state index is 0.0974. The number of hydrogen-bond acceptors (Lipinski definition) is 5. The van der Waals surface area contributed by atoms with Gasteiger partial charge in [-0.15, -0.1) is 11.3 Å². The predicted octanol–water partition coefficient (Wildman–Crippen LogP) is 2.75. The lowest BCUT2D eigenvalue weighted by Crippen LogP contribution is -2.12. The number of anilines is 1. The van der Waals surface area contributed by atoms with E-state index >= 15 is 0 Å². The van der Waals surface area contributed by atoms with E-state index in [1.807, 2.05) is 0 Å². The van der Waals surface area contributed by atoms with Crippen LogP contribution in [0.25, 0.3) is 0 Å². The van der Waals surface area contributed by atoms with Gasteiger partial charge in [0.15, 0.2) is 15.6 Å². The smallest absolute Gasteiger partial charge is 0.265 e. The molecule has 0 atom stereocenters. The summed E-state index contributed by atoms with van der Waals surface area (Å²) in [5.74, 6) is -1.53. The zero-order chi connectivity index (χ0) is 16.5. The van der Waals surface area contributed by atoms with Crippen molar-refractivity contribution in [1.29, 1.82) is 0 Å². The number of carbonyl (C=O) groups is 2. The zero-order valence-corrected chi connectivity index (χ0v) is 13.3. The Hall–Kier alpha value is -2.06. The second-order valence-electron chi connectivity index (χ2n) is 4.59. The maximum atomic E-state index is 13.7. The first kappa shape index (κ1) is 16.3. The predicted molar refractivity (Wildman–Crippen MR) is 81.8 cm³/mol. The van der Waals surface area contributed by atoms with Gasteiger partial charge in [0.2, 0.25) is 0 Å². The molecule has 0 aliphatic heterocycles. The molecule has 1 N–H and O–H groups in total. The molecule has 0 bridgehead atoms. The van der Waals surface area contributed by atoms with Gasteiger partial charge in [-0.3, -0.25) is 9.59 Å². The number of carbonyl (C=O) groups excluding carboxylic acids is 2. The largest absolute Gasteiger partial charge is 0.319 e. The molecule has 0 saturated carbocycles. The number of ketones is 1. The molecular formula is C14H12FNO4S2.